The van der Waals surface area contributed by atoms with Crippen LogP contribution in [0.2, 0.25) is 0 Å². The highest BCUT2D eigenvalue weighted by molar-refractivity contribution is 7.87. The molecule has 0 aliphatic rings. The summed E-state index contributed by atoms with van der Waals surface area (Å²) in [5.41, 5.74) is 2.36. The molecule has 3 N–H and O–H groups in total. The van der Waals surface area contributed by atoms with E-state index in [2.05, 4.69) is 34.3 Å². The molecule has 0 aliphatic carbocycles. The van der Waals surface area contributed by atoms with Gasteiger partial charge in [-0.3, -0.25) is 4.79 Å². The van der Waals surface area contributed by atoms with Crippen LogP contribution in [0.15, 0.2) is 29.1 Å². The lowest BCUT2D eigenvalue weighted by Crippen LogP contribution is -2.35. The zero-order valence-corrected chi connectivity index (χ0v) is 13.8. The fourth-order valence-corrected chi connectivity index (χ4v) is 2.72. The van der Waals surface area contributed by atoms with Gasteiger partial charge in [-0.05, 0) is 41.5 Å². The molecule has 0 spiro atoms. The van der Waals surface area contributed by atoms with Gasteiger partial charge in [0.15, 0.2) is 0 Å². The third kappa shape index (κ3) is 3.94. The molecule has 1 heterocycles. The minimum Gasteiger partial charge on any atom is -0.322 e. The third-order valence-electron chi connectivity index (χ3n) is 3.57. The minimum absolute atomic E-state index is 0.168. The summed E-state index contributed by atoms with van der Waals surface area (Å²) in [4.78, 5) is 14.9. The maximum Gasteiger partial charge on any atom is 0.276 e. The molecule has 0 fully saturated rings. The number of H-pyrrole nitrogens is 1. The molecule has 22 heavy (non-hydrogen) atoms. The van der Waals surface area contributed by atoms with Crippen LogP contribution in [0, 0.1) is 0 Å². The SMILES string of the molecule is CNS(=O)(=O)NCCc1cc2cc(C(C)C)ccc2[nH]c1=O. The standard InChI is InChI=1S/C15H21N3O3S/c1-10(2)11-4-5-14-13(8-11)9-12(15(19)18-14)6-7-17-22(20,21)16-3/h4-5,8-10,16-17H,6-7H2,1-3H3,(H,18,19). The van der Waals surface area contributed by atoms with Gasteiger partial charge < -0.3 is 4.98 Å². The van der Waals surface area contributed by atoms with Gasteiger partial charge in [-0.1, -0.05) is 19.9 Å². The quantitative estimate of drug-likeness (QED) is 0.747. The first-order chi connectivity index (χ1) is 10.3. The second-order valence-electron chi connectivity index (χ2n) is 5.48. The van der Waals surface area contributed by atoms with E-state index in [-0.39, 0.29) is 12.1 Å². The lowest BCUT2D eigenvalue weighted by molar-refractivity contribution is 0.573. The molecule has 0 unspecified atom stereocenters. The first kappa shape index (κ1) is 16.7. The third-order valence-corrected chi connectivity index (χ3v) is 4.69. The number of aromatic nitrogens is 1. The van der Waals surface area contributed by atoms with Crippen LogP contribution in [0.25, 0.3) is 10.9 Å². The summed E-state index contributed by atoms with van der Waals surface area (Å²) in [6, 6.07) is 7.79. The van der Waals surface area contributed by atoms with Crippen molar-refractivity contribution in [3.8, 4) is 0 Å². The van der Waals surface area contributed by atoms with E-state index in [0.29, 0.717) is 17.9 Å². The van der Waals surface area contributed by atoms with E-state index >= 15 is 0 Å². The van der Waals surface area contributed by atoms with Crippen LogP contribution in [0.1, 0.15) is 30.9 Å². The monoisotopic (exact) mass is 323 g/mol. The van der Waals surface area contributed by atoms with E-state index in [1.165, 1.54) is 12.6 Å². The van der Waals surface area contributed by atoms with Gasteiger partial charge in [-0.25, -0.2) is 9.44 Å². The fraction of sp³-hybridized carbons (Fsp3) is 0.400. The largest absolute Gasteiger partial charge is 0.322 e. The van der Waals surface area contributed by atoms with E-state index in [0.717, 1.165) is 10.9 Å². The van der Waals surface area contributed by atoms with Gasteiger partial charge in [0.2, 0.25) is 0 Å². The first-order valence-corrected chi connectivity index (χ1v) is 8.64. The Hall–Kier alpha value is -1.70. The van der Waals surface area contributed by atoms with Crippen molar-refractivity contribution in [3.63, 3.8) is 0 Å². The normalized spacial score (nSPS) is 12.2. The Morgan fingerprint density at radius 2 is 1.95 bits per heavy atom. The summed E-state index contributed by atoms with van der Waals surface area (Å²) in [5, 5.41) is 0.956. The Morgan fingerprint density at radius 3 is 2.59 bits per heavy atom. The molecule has 0 saturated carbocycles. The fourth-order valence-electron chi connectivity index (χ4n) is 2.21. The van der Waals surface area contributed by atoms with Gasteiger partial charge in [0.05, 0.1) is 0 Å². The van der Waals surface area contributed by atoms with E-state index in [9.17, 15) is 13.2 Å². The molecule has 0 aliphatic heterocycles. The Kier molecular flexibility index (Phi) is 5.00. The average Bonchev–Trinajstić information content (AvgIpc) is 2.47. The van der Waals surface area contributed by atoms with Crippen molar-refractivity contribution in [2.45, 2.75) is 26.2 Å². The van der Waals surface area contributed by atoms with E-state index in [1.54, 1.807) is 0 Å². The molecular weight excluding hydrogens is 302 g/mol. The molecule has 0 radical (unpaired) electrons. The number of fused-ring (bicyclic) bond motifs is 1. The summed E-state index contributed by atoms with van der Waals surface area (Å²) in [5.74, 6) is 0.405. The van der Waals surface area contributed by atoms with Gasteiger partial charge in [0, 0.05) is 24.7 Å². The highest BCUT2D eigenvalue weighted by Gasteiger charge is 2.08. The Labute approximate surface area is 130 Å². The van der Waals surface area contributed by atoms with Crippen LogP contribution in [-0.2, 0) is 16.6 Å². The number of hydrogen-bond donors (Lipinski definition) is 3. The van der Waals surface area contributed by atoms with Gasteiger partial charge in [0.25, 0.3) is 15.8 Å². The van der Waals surface area contributed by atoms with Crippen LogP contribution in [-0.4, -0.2) is 27.0 Å². The van der Waals surface area contributed by atoms with Crippen LogP contribution in [0.5, 0.6) is 0 Å². The number of hydrogen-bond acceptors (Lipinski definition) is 3. The van der Waals surface area contributed by atoms with E-state index < -0.39 is 10.2 Å². The van der Waals surface area contributed by atoms with Crippen LogP contribution in [0.4, 0.5) is 0 Å². The van der Waals surface area contributed by atoms with Crippen molar-refractivity contribution in [3.05, 3.63) is 45.7 Å². The van der Waals surface area contributed by atoms with Crippen molar-refractivity contribution < 1.29 is 8.42 Å². The molecule has 0 saturated heterocycles. The number of pyridine rings is 1. The molecule has 0 amide bonds. The maximum absolute atomic E-state index is 12.0. The topological polar surface area (TPSA) is 91.1 Å². The molecule has 6 nitrogen and oxygen atoms in total. The van der Waals surface area contributed by atoms with Crippen molar-refractivity contribution in [2.24, 2.45) is 0 Å². The predicted molar refractivity (Wildman–Crippen MR) is 88.3 cm³/mol. The average molecular weight is 323 g/mol. The van der Waals surface area contributed by atoms with Gasteiger partial charge in [0.1, 0.15) is 0 Å². The number of rotatable bonds is 6. The molecule has 1 aromatic heterocycles. The van der Waals surface area contributed by atoms with Crippen LogP contribution in [0.3, 0.4) is 0 Å². The molecule has 1 aromatic carbocycles. The van der Waals surface area contributed by atoms with Crippen molar-refractivity contribution >= 4 is 21.1 Å². The van der Waals surface area contributed by atoms with Gasteiger partial charge in [-0.2, -0.15) is 8.42 Å². The molecule has 7 heteroatoms. The minimum atomic E-state index is -3.48. The molecular formula is C15H21N3O3S. The highest BCUT2D eigenvalue weighted by Crippen LogP contribution is 2.20. The first-order valence-electron chi connectivity index (χ1n) is 7.16. The highest BCUT2D eigenvalue weighted by atomic mass is 32.2. The summed E-state index contributed by atoms with van der Waals surface area (Å²) in [6.45, 7) is 4.39. The number of aromatic amines is 1. The number of nitrogens with one attached hydrogen (secondary N) is 3. The zero-order valence-electron chi connectivity index (χ0n) is 12.9. The lowest BCUT2D eigenvalue weighted by atomic mass is 10.0. The van der Waals surface area contributed by atoms with Gasteiger partial charge in [-0.15, -0.1) is 0 Å². The predicted octanol–water partition coefficient (Wildman–Crippen LogP) is 1.25. The van der Waals surface area contributed by atoms with E-state index in [4.69, 9.17) is 0 Å². The Bertz CT molecular complexity index is 826. The van der Waals surface area contributed by atoms with Crippen molar-refractivity contribution in [1.29, 1.82) is 0 Å². The zero-order chi connectivity index (χ0) is 16.3. The van der Waals surface area contributed by atoms with Crippen LogP contribution >= 0.6 is 0 Å². The van der Waals surface area contributed by atoms with E-state index in [1.807, 2.05) is 18.2 Å². The second-order valence-corrected chi connectivity index (χ2v) is 7.18. The summed E-state index contributed by atoms with van der Waals surface area (Å²) in [6.07, 6.45) is 0.331. The van der Waals surface area contributed by atoms with Crippen LogP contribution < -0.4 is 15.0 Å². The molecule has 2 aromatic rings. The molecule has 2 rings (SSSR count). The lowest BCUT2D eigenvalue weighted by Gasteiger charge is -2.09. The van der Waals surface area contributed by atoms with Crippen molar-refractivity contribution in [2.75, 3.05) is 13.6 Å². The Morgan fingerprint density at radius 1 is 1.23 bits per heavy atom. The maximum atomic E-state index is 12.0. The summed E-state index contributed by atoms with van der Waals surface area (Å²) in [7, 11) is -2.14. The number of benzene rings is 1. The Balaban J connectivity index is 2.26. The smallest absolute Gasteiger partial charge is 0.276 e. The molecule has 120 valence electrons. The van der Waals surface area contributed by atoms with Crippen molar-refractivity contribution in [1.82, 2.24) is 14.4 Å². The summed E-state index contributed by atoms with van der Waals surface area (Å²) < 4.78 is 27.1. The van der Waals surface area contributed by atoms with Gasteiger partial charge >= 0.3 is 0 Å². The second kappa shape index (κ2) is 6.60. The summed E-state index contributed by atoms with van der Waals surface area (Å²) >= 11 is 0. The molecule has 0 atom stereocenters. The molecule has 0 bridgehead atoms.